The van der Waals surface area contributed by atoms with Crippen LogP contribution in [0.5, 0.6) is 0 Å². The van der Waals surface area contributed by atoms with Gasteiger partial charge in [-0.25, -0.2) is 0 Å². The Morgan fingerprint density at radius 2 is 0.567 bits per heavy atom. The number of unbranched alkanes of at least 4 members (excludes halogenated alkanes) is 4. The number of likely N-dealkylation sites (N-methyl/N-ethyl adjacent to an activating group) is 1. The molecule has 60 heavy (non-hydrogen) atoms. The molecule has 4 unspecified atom stereocenters. The smallest absolute Gasteiger partial charge is 0.0667 e. The second-order valence-corrected chi connectivity index (χ2v) is 16.5. The first-order valence-electron chi connectivity index (χ1n) is 24.3. The van der Waals surface area contributed by atoms with Crippen molar-refractivity contribution in [2.24, 2.45) is 0 Å². The van der Waals surface area contributed by atoms with Crippen molar-refractivity contribution in [1.29, 1.82) is 0 Å². The molecule has 0 aliphatic rings. The molecule has 4 N–H and O–H groups in total. The minimum absolute atomic E-state index is 0.435. The average Bonchev–Trinajstić information content (AvgIpc) is 3.22. The Morgan fingerprint density at radius 3 is 0.800 bits per heavy atom. The highest BCUT2D eigenvalue weighted by Crippen LogP contribution is 2.11. The van der Waals surface area contributed by atoms with E-state index in [9.17, 15) is 20.4 Å². The van der Waals surface area contributed by atoms with Gasteiger partial charge in [0.1, 0.15) is 0 Å². The molecule has 0 bridgehead atoms. The Labute approximate surface area is 371 Å². The molecule has 0 heterocycles. The Morgan fingerprint density at radius 1 is 0.333 bits per heavy atom. The van der Waals surface area contributed by atoms with Crippen molar-refractivity contribution in [3.8, 4) is 0 Å². The van der Waals surface area contributed by atoms with Gasteiger partial charge >= 0.3 is 0 Å². The Bertz CT molecular complexity index is 991. The zero-order chi connectivity index (χ0) is 44.2. The van der Waals surface area contributed by atoms with E-state index in [1.165, 1.54) is 0 Å². The van der Waals surface area contributed by atoms with E-state index in [0.29, 0.717) is 26.2 Å². The molecule has 0 aromatic rings. The van der Waals surface area contributed by atoms with Crippen LogP contribution in [0.15, 0.2) is 97.2 Å². The molecule has 0 saturated heterocycles. The topological polar surface area (TPSA) is 90.6 Å². The minimum atomic E-state index is -0.435. The maximum Gasteiger partial charge on any atom is 0.0667 e. The maximum absolute atomic E-state index is 11.1. The van der Waals surface area contributed by atoms with E-state index in [1.54, 1.807) is 0 Å². The lowest BCUT2D eigenvalue weighted by molar-refractivity contribution is 0.0499. The zero-order valence-electron chi connectivity index (χ0n) is 39.5. The summed E-state index contributed by atoms with van der Waals surface area (Å²) >= 11 is 0. The number of allylic oxidation sites excluding steroid dienone is 16. The molecule has 7 nitrogen and oxygen atoms in total. The lowest BCUT2D eigenvalue weighted by Gasteiger charge is -2.31. The summed E-state index contributed by atoms with van der Waals surface area (Å²) in [6.07, 6.45) is 52.2. The van der Waals surface area contributed by atoms with Gasteiger partial charge in [0.25, 0.3) is 0 Å². The summed E-state index contributed by atoms with van der Waals surface area (Å²) in [6, 6.07) is 0. The van der Waals surface area contributed by atoms with Gasteiger partial charge in [0.2, 0.25) is 0 Å². The van der Waals surface area contributed by atoms with Crippen molar-refractivity contribution in [1.82, 2.24) is 14.7 Å². The third-order valence-electron chi connectivity index (χ3n) is 10.5. The minimum Gasteiger partial charge on any atom is -0.392 e. The van der Waals surface area contributed by atoms with Gasteiger partial charge in [0.05, 0.1) is 24.4 Å². The third kappa shape index (κ3) is 41.0. The highest BCUT2D eigenvalue weighted by atomic mass is 16.3. The molecular weight excluding hydrogens is 743 g/mol. The molecule has 0 aromatic heterocycles. The molecule has 0 rings (SSSR count). The van der Waals surface area contributed by atoms with Crippen LogP contribution in [-0.4, -0.2) is 119 Å². The predicted octanol–water partition coefficient (Wildman–Crippen LogP) is 11.3. The second kappa shape index (κ2) is 44.7. The molecule has 0 saturated carbocycles. The summed E-state index contributed by atoms with van der Waals surface area (Å²) in [5.74, 6) is 0. The number of nitrogens with zero attached hydrogens (tertiary/aromatic N) is 3. The van der Waals surface area contributed by atoms with Crippen molar-refractivity contribution < 1.29 is 20.4 Å². The van der Waals surface area contributed by atoms with E-state index >= 15 is 0 Å². The van der Waals surface area contributed by atoms with E-state index in [-0.39, 0.29) is 0 Å². The van der Waals surface area contributed by atoms with Crippen molar-refractivity contribution >= 4 is 0 Å². The van der Waals surface area contributed by atoms with Crippen LogP contribution in [0.4, 0.5) is 0 Å². The van der Waals surface area contributed by atoms with Crippen molar-refractivity contribution in [3.63, 3.8) is 0 Å². The van der Waals surface area contributed by atoms with E-state index in [4.69, 9.17) is 0 Å². The quantitative estimate of drug-likeness (QED) is 0.0360. The van der Waals surface area contributed by atoms with E-state index in [2.05, 4.69) is 147 Å². The largest absolute Gasteiger partial charge is 0.392 e. The highest BCUT2D eigenvalue weighted by molar-refractivity contribution is 4.95. The van der Waals surface area contributed by atoms with Crippen molar-refractivity contribution in [2.75, 3.05) is 59.4 Å². The number of aliphatic hydroxyl groups is 4. The summed E-state index contributed by atoms with van der Waals surface area (Å²) < 4.78 is 0. The third-order valence-corrected chi connectivity index (χ3v) is 10.5. The van der Waals surface area contributed by atoms with Crippen LogP contribution in [0.1, 0.15) is 156 Å². The normalized spacial score (nSPS) is 15.3. The lowest BCUT2D eigenvalue weighted by Crippen LogP contribution is -2.44. The van der Waals surface area contributed by atoms with Gasteiger partial charge in [-0.15, -0.1) is 0 Å². The molecule has 0 fully saturated rings. The van der Waals surface area contributed by atoms with Gasteiger partial charge in [-0.3, -0.25) is 9.80 Å². The fraction of sp³-hybridized carbons (Fsp3) is 0.698. The van der Waals surface area contributed by atoms with Crippen LogP contribution in [0, 0.1) is 0 Å². The monoisotopic (exact) mass is 838 g/mol. The van der Waals surface area contributed by atoms with E-state index < -0.39 is 24.4 Å². The molecule has 0 aliphatic heterocycles. The van der Waals surface area contributed by atoms with E-state index in [0.717, 1.165) is 155 Å². The summed E-state index contributed by atoms with van der Waals surface area (Å²) in [4.78, 5) is 6.80. The summed E-state index contributed by atoms with van der Waals surface area (Å²) in [5.41, 5.74) is 0. The number of hydrogen-bond donors (Lipinski definition) is 4. The Balaban J connectivity index is 5.33. The van der Waals surface area contributed by atoms with E-state index in [1.807, 2.05) is 0 Å². The van der Waals surface area contributed by atoms with Gasteiger partial charge in [0.15, 0.2) is 0 Å². The van der Waals surface area contributed by atoms with Gasteiger partial charge in [-0.2, -0.15) is 0 Å². The first kappa shape index (κ1) is 57.6. The molecule has 0 aromatic carbocycles. The standard InChI is InChI=1S/C53H95N3O4/c1-6-10-14-18-22-26-30-34-38-50(57)46-55(47-51(58)39-35-31-27-23-19-15-11-7-2)44-42-54(5)43-45-56(48-52(59)40-36-32-28-24-20-16-12-8-3)49-53(60)41-37-33-29-25-21-17-13-9-4/h10-17,22-29,50-53,57-60H,6-9,18-21,30-49H2,1-5H3/b14-10-,15-11-,16-12-,17-13-,26-22-,27-23-,28-24-,29-25-. The molecule has 0 spiro atoms. The predicted molar refractivity (Wildman–Crippen MR) is 263 cm³/mol. The Hall–Kier alpha value is -2.36. The van der Waals surface area contributed by atoms with Gasteiger partial charge in [-0.05, 0) is 135 Å². The van der Waals surface area contributed by atoms with Gasteiger partial charge < -0.3 is 25.3 Å². The van der Waals surface area contributed by atoms with Crippen LogP contribution in [0.25, 0.3) is 0 Å². The second-order valence-electron chi connectivity index (χ2n) is 16.5. The highest BCUT2D eigenvalue weighted by Gasteiger charge is 2.19. The van der Waals surface area contributed by atoms with Crippen LogP contribution < -0.4 is 0 Å². The first-order valence-corrected chi connectivity index (χ1v) is 24.3. The zero-order valence-corrected chi connectivity index (χ0v) is 39.5. The first-order chi connectivity index (χ1) is 29.2. The van der Waals surface area contributed by atoms with Crippen LogP contribution in [0.2, 0.25) is 0 Å². The summed E-state index contributed by atoms with van der Waals surface area (Å²) in [7, 11) is 2.13. The number of rotatable bonds is 42. The molecule has 7 heteroatoms. The van der Waals surface area contributed by atoms with Crippen molar-refractivity contribution in [3.05, 3.63) is 97.2 Å². The van der Waals surface area contributed by atoms with Crippen LogP contribution in [-0.2, 0) is 0 Å². The molecular formula is C53H95N3O4. The SMILES string of the molecule is CC/C=C\C/C=C\CCCC(O)CN(CCN(C)CCN(CC(O)CCC/C=C\C/C=C\CC)CC(O)CCC/C=C\C/C=C\CC)CC(O)CCC/C=C\C/C=C\CC. The van der Waals surface area contributed by atoms with Crippen LogP contribution in [0.3, 0.4) is 0 Å². The molecule has 0 amide bonds. The maximum atomic E-state index is 11.1. The molecule has 0 aliphatic carbocycles. The lowest BCUT2D eigenvalue weighted by atomic mass is 10.1. The fourth-order valence-corrected chi connectivity index (χ4v) is 6.92. The number of hydrogen-bond acceptors (Lipinski definition) is 7. The van der Waals surface area contributed by atoms with Gasteiger partial charge in [0, 0.05) is 52.4 Å². The number of aliphatic hydroxyl groups excluding tert-OH is 4. The fourth-order valence-electron chi connectivity index (χ4n) is 6.92. The molecule has 0 radical (unpaired) electrons. The van der Waals surface area contributed by atoms with Crippen LogP contribution >= 0.6 is 0 Å². The summed E-state index contributed by atoms with van der Waals surface area (Å²) in [6.45, 7) is 13.9. The average molecular weight is 838 g/mol. The summed E-state index contributed by atoms with van der Waals surface area (Å²) in [5, 5.41) is 44.3. The Kier molecular flexibility index (Phi) is 42.9. The molecule has 346 valence electrons. The van der Waals surface area contributed by atoms with Crippen molar-refractivity contribution in [2.45, 2.75) is 181 Å². The van der Waals surface area contributed by atoms with Gasteiger partial charge in [-0.1, -0.05) is 125 Å². The molecule has 4 atom stereocenters.